The molecule has 0 amide bonds. The molecule has 88 valence electrons. The second-order valence-electron chi connectivity index (χ2n) is 4.16. The van der Waals surface area contributed by atoms with Crippen LogP contribution in [-0.2, 0) is 13.0 Å². The zero-order chi connectivity index (χ0) is 11.8. The van der Waals surface area contributed by atoms with Crippen LogP contribution in [0, 0.1) is 0 Å². The van der Waals surface area contributed by atoms with Crippen LogP contribution in [0.5, 0.6) is 0 Å². The highest BCUT2D eigenvalue weighted by Crippen LogP contribution is 2.41. The molecule has 0 saturated carbocycles. The van der Waals surface area contributed by atoms with Crippen molar-refractivity contribution < 1.29 is 4.52 Å². The van der Waals surface area contributed by atoms with Gasteiger partial charge in [0.2, 0.25) is 0 Å². The molecule has 4 heteroatoms. The van der Waals surface area contributed by atoms with Crippen molar-refractivity contribution in [1.82, 2.24) is 10.5 Å². The molecule has 1 heterocycles. The minimum absolute atomic E-state index is 0.779. The predicted molar refractivity (Wildman–Crippen MR) is 69.8 cm³/mol. The third-order valence-electron chi connectivity index (χ3n) is 3.13. The quantitative estimate of drug-likeness (QED) is 0.806. The number of hydrogen-bond donors (Lipinski definition) is 1. The molecule has 0 fully saturated rings. The fraction of sp³-hybridized carbons (Fsp3) is 0.308. The van der Waals surface area contributed by atoms with E-state index in [9.17, 15) is 0 Å². The molecular formula is C13H13BrN2O. The molecule has 0 radical (unpaired) electrons. The van der Waals surface area contributed by atoms with Gasteiger partial charge in [0.1, 0.15) is 5.69 Å². The van der Waals surface area contributed by atoms with E-state index < -0.39 is 0 Å². The summed E-state index contributed by atoms with van der Waals surface area (Å²) in [5, 5.41) is 7.44. The van der Waals surface area contributed by atoms with Gasteiger partial charge in [0.25, 0.3) is 0 Å². The van der Waals surface area contributed by atoms with Gasteiger partial charge in [0.15, 0.2) is 5.76 Å². The Kier molecular flexibility index (Phi) is 2.76. The third kappa shape index (κ3) is 1.72. The first-order chi connectivity index (χ1) is 8.31. The molecule has 0 atom stereocenters. The van der Waals surface area contributed by atoms with E-state index in [1.165, 1.54) is 16.7 Å². The lowest BCUT2D eigenvalue weighted by Gasteiger charge is -2.01. The Bertz CT molecular complexity index is 563. The first kappa shape index (κ1) is 11.0. The normalized spacial score (nSPS) is 12.6. The van der Waals surface area contributed by atoms with Crippen molar-refractivity contribution in [3.05, 3.63) is 39.5 Å². The van der Waals surface area contributed by atoms with Crippen LogP contribution in [-0.4, -0.2) is 11.7 Å². The molecule has 1 aromatic heterocycles. The van der Waals surface area contributed by atoms with E-state index in [2.05, 4.69) is 45.5 Å². The van der Waals surface area contributed by atoms with Crippen LogP contribution in [0.3, 0.4) is 0 Å². The SMILES string of the molecule is CCNCc1noc2c1Cc1c(Br)cccc1-2. The zero-order valence-corrected chi connectivity index (χ0v) is 11.2. The maximum atomic E-state index is 5.47. The van der Waals surface area contributed by atoms with Crippen molar-refractivity contribution in [2.24, 2.45) is 0 Å². The van der Waals surface area contributed by atoms with Crippen LogP contribution in [0.4, 0.5) is 0 Å². The minimum Gasteiger partial charge on any atom is -0.356 e. The number of hydrogen-bond acceptors (Lipinski definition) is 3. The molecule has 1 N–H and O–H groups in total. The number of nitrogens with zero attached hydrogens (tertiary/aromatic N) is 1. The highest BCUT2D eigenvalue weighted by molar-refractivity contribution is 9.10. The monoisotopic (exact) mass is 292 g/mol. The molecule has 2 aromatic rings. The highest BCUT2D eigenvalue weighted by Gasteiger charge is 2.27. The summed E-state index contributed by atoms with van der Waals surface area (Å²) in [4.78, 5) is 0. The van der Waals surface area contributed by atoms with Gasteiger partial charge in [0, 0.05) is 28.6 Å². The van der Waals surface area contributed by atoms with Crippen LogP contribution in [0.25, 0.3) is 11.3 Å². The molecule has 0 bridgehead atoms. The highest BCUT2D eigenvalue weighted by atomic mass is 79.9. The molecule has 0 saturated heterocycles. The summed E-state index contributed by atoms with van der Waals surface area (Å²) in [5.41, 5.74) is 4.74. The maximum absolute atomic E-state index is 5.47. The first-order valence-electron chi connectivity index (χ1n) is 5.77. The van der Waals surface area contributed by atoms with E-state index in [1.54, 1.807) is 0 Å². The lowest BCUT2D eigenvalue weighted by Crippen LogP contribution is -2.13. The summed E-state index contributed by atoms with van der Waals surface area (Å²) in [7, 11) is 0. The van der Waals surface area contributed by atoms with Crippen molar-refractivity contribution in [3.63, 3.8) is 0 Å². The van der Waals surface area contributed by atoms with Crippen LogP contribution in [0.2, 0.25) is 0 Å². The van der Waals surface area contributed by atoms with Crippen molar-refractivity contribution in [3.8, 4) is 11.3 Å². The van der Waals surface area contributed by atoms with Gasteiger partial charge in [-0.1, -0.05) is 40.1 Å². The van der Waals surface area contributed by atoms with Crippen molar-refractivity contribution in [2.45, 2.75) is 19.9 Å². The molecular weight excluding hydrogens is 280 g/mol. The molecule has 3 nitrogen and oxygen atoms in total. The number of benzene rings is 1. The second-order valence-corrected chi connectivity index (χ2v) is 5.01. The maximum Gasteiger partial charge on any atom is 0.171 e. The molecule has 17 heavy (non-hydrogen) atoms. The molecule has 1 aromatic carbocycles. The van der Waals surface area contributed by atoms with E-state index >= 15 is 0 Å². The Morgan fingerprint density at radius 3 is 3.12 bits per heavy atom. The number of nitrogens with one attached hydrogen (secondary N) is 1. The van der Waals surface area contributed by atoms with Gasteiger partial charge in [-0.2, -0.15) is 0 Å². The summed E-state index contributed by atoms with van der Waals surface area (Å²) < 4.78 is 6.62. The smallest absolute Gasteiger partial charge is 0.171 e. The van der Waals surface area contributed by atoms with E-state index in [0.29, 0.717) is 0 Å². The van der Waals surface area contributed by atoms with Gasteiger partial charge in [-0.05, 0) is 18.2 Å². The first-order valence-corrected chi connectivity index (χ1v) is 6.56. The average Bonchev–Trinajstić information content (AvgIpc) is 2.87. The Morgan fingerprint density at radius 1 is 1.41 bits per heavy atom. The number of halogens is 1. The van der Waals surface area contributed by atoms with Crippen molar-refractivity contribution >= 4 is 15.9 Å². The number of fused-ring (bicyclic) bond motifs is 3. The summed E-state index contributed by atoms with van der Waals surface area (Å²) in [6.07, 6.45) is 0.913. The molecule has 3 rings (SSSR count). The minimum atomic E-state index is 0.779. The summed E-state index contributed by atoms with van der Waals surface area (Å²) >= 11 is 3.59. The topological polar surface area (TPSA) is 38.1 Å². The molecule has 0 spiro atoms. The van der Waals surface area contributed by atoms with Crippen molar-refractivity contribution in [1.29, 1.82) is 0 Å². The predicted octanol–water partition coefficient (Wildman–Crippen LogP) is 3.12. The number of rotatable bonds is 3. The third-order valence-corrected chi connectivity index (χ3v) is 3.87. The summed E-state index contributed by atoms with van der Waals surface area (Å²) in [6, 6.07) is 6.20. The second kappa shape index (κ2) is 4.27. The van der Waals surface area contributed by atoms with E-state index in [1.807, 2.05) is 6.07 Å². The van der Waals surface area contributed by atoms with E-state index in [0.717, 1.165) is 35.4 Å². The van der Waals surface area contributed by atoms with E-state index in [4.69, 9.17) is 4.52 Å². The number of aromatic nitrogens is 1. The van der Waals surface area contributed by atoms with Crippen LogP contribution in [0.1, 0.15) is 23.7 Å². The Hall–Kier alpha value is -1.13. The summed E-state index contributed by atoms with van der Waals surface area (Å²) in [5.74, 6) is 0.939. The lowest BCUT2D eigenvalue weighted by molar-refractivity contribution is 0.420. The van der Waals surface area contributed by atoms with Crippen LogP contribution < -0.4 is 5.32 Å². The van der Waals surface area contributed by atoms with Gasteiger partial charge < -0.3 is 9.84 Å². The van der Waals surface area contributed by atoms with Gasteiger partial charge in [-0.15, -0.1) is 0 Å². The Labute approximate surface area is 108 Å². The average molecular weight is 293 g/mol. The standard InChI is InChI=1S/C13H13BrN2O/c1-2-15-7-12-10-6-9-8(13(10)17-16-12)4-3-5-11(9)14/h3-5,15H,2,6-7H2,1H3. The Morgan fingerprint density at radius 2 is 2.29 bits per heavy atom. The van der Waals surface area contributed by atoms with Crippen molar-refractivity contribution in [2.75, 3.05) is 6.54 Å². The zero-order valence-electron chi connectivity index (χ0n) is 9.59. The fourth-order valence-corrected chi connectivity index (χ4v) is 2.75. The molecule has 1 aliphatic rings. The van der Waals surface area contributed by atoms with Gasteiger partial charge in [0.05, 0.1) is 0 Å². The van der Waals surface area contributed by atoms with Crippen LogP contribution >= 0.6 is 15.9 Å². The lowest BCUT2D eigenvalue weighted by atomic mass is 10.1. The summed E-state index contributed by atoms with van der Waals surface area (Å²) in [6.45, 7) is 3.81. The fourth-order valence-electron chi connectivity index (χ4n) is 2.25. The molecule has 1 aliphatic carbocycles. The van der Waals surface area contributed by atoms with Gasteiger partial charge in [-0.25, -0.2) is 0 Å². The van der Waals surface area contributed by atoms with E-state index in [-0.39, 0.29) is 0 Å². The largest absolute Gasteiger partial charge is 0.356 e. The van der Waals surface area contributed by atoms with Gasteiger partial charge in [-0.3, -0.25) is 0 Å². The molecule has 0 unspecified atom stereocenters. The van der Waals surface area contributed by atoms with Gasteiger partial charge >= 0.3 is 0 Å². The van der Waals surface area contributed by atoms with Crippen LogP contribution in [0.15, 0.2) is 27.2 Å². The Balaban J connectivity index is 2.02. The molecule has 0 aliphatic heterocycles.